The van der Waals surface area contributed by atoms with Crippen LogP contribution >= 0.6 is 0 Å². The number of amides is 2. The Balaban J connectivity index is 1.92. The van der Waals surface area contributed by atoms with E-state index in [0.29, 0.717) is 30.8 Å². The highest BCUT2D eigenvalue weighted by molar-refractivity contribution is 5.96. The number of carbonyl (C=O) groups excluding carboxylic acids is 3. The van der Waals surface area contributed by atoms with Crippen molar-refractivity contribution in [2.75, 3.05) is 25.1 Å². The van der Waals surface area contributed by atoms with Crippen molar-refractivity contribution in [2.24, 2.45) is 0 Å². The Morgan fingerprint density at radius 3 is 2.38 bits per heavy atom. The highest BCUT2D eigenvalue weighted by Gasteiger charge is 2.21. The van der Waals surface area contributed by atoms with Crippen LogP contribution in [-0.4, -0.2) is 43.6 Å². The summed E-state index contributed by atoms with van der Waals surface area (Å²) in [6.07, 6.45) is -0.484. The predicted octanol–water partition coefficient (Wildman–Crippen LogP) is 3.59. The topological polar surface area (TPSA) is 103 Å². The summed E-state index contributed by atoms with van der Waals surface area (Å²) in [5.74, 6) is -6.41. The van der Waals surface area contributed by atoms with Gasteiger partial charge in [-0.2, -0.15) is 0 Å². The van der Waals surface area contributed by atoms with E-state index in [4.69, 9.17) is 14.2 Å². The fourth-order valence-electron chi connectivity index (χ4n) is 2.64. The first-order valence-electron chi connectivity index (χ1n) is 10.5. The van der Waals surface area contributed by atoms with Crippen LogP contribution in [0.3, 0.4) is 0 Å². The van der Waals surface area contributed by atoms with Crippen molar-refractivity contribution in [3.8, 4) is 11.5 Å². The first-order valence-corrected chi connectivity index (χ1v) is 10.5. The summed E-state index contributed by atoms with van der Waals surface area (Å²) in [5.41, 5.74) is -0.465. The molecule has 34 heavy (non-hydrogen) atoms. The van der Waals surface area contributed by atoms with Gasteiger partial charge >= 0.3 is 5.97 Å². The zero-order valence-electron chi connectivity index (χ0n) is 18.9. The highest BCUT2D eigenvalue weighted by atomic mass is 19.2. The number of esters is 1. The van der Waals surface area contributed by atoms with Crippen molar-refractivity contribution in [2.45, 2.75) is 33.3 Å². The molecular formula is C23H25F3N2O6. The minimum atomic E-state index is -1.74. The standard InChI is InChI=1S/C23H25F3N2O6/c1-4-10-33-17-9-6-14(11-18(17)32-5-2)23(31)34-13(3)22(30)27-12-19(29)28-16-8-7-15(24)20(25)21(16)26/h6-9,11,13H,4-5,10,12H2,1-3H3,(H,27,30)(H,28,29). The summed E-state index contributed by atoms with van der Waals surface area (Å²) in [6.45, 7) is 5.20. The maximum absolute atomic E-state index is 13.6. The fraction of sp³-hybridized carbons (Fsp3) is 0.348. The largest absolute Gasteiger partial charge is 0.490 e. The number of rotatable bonds is 11. The van der Waals surface area contributed by atoms with Crippen LogP contribution in [0.1, 0.15) is 37.6 Å². The summed E-state index contributed by atoms with van der Waals surface area (Å²) in [7, 11) is 0. The average Bonchev–Trinajstić information content (AvgIpc) is 2.82. The number of carbonyl (C=O) groups is 3. The van der Waals surface area contributed by atoms with Crippen LogP contribution < -0.4 is 20.1 Å². The second-order valence-corrected chi connectivity index (χ2v) is 6.98. The van der Waals surface area contributed by atoms with Gasteiger partial charge in [-0.05, 0) is 50.6 Å². The van der Waals surface area contributed by atoms with E-state index >= 15 is 0 Å². The first kappa shape index (κ1) is 26.5. The Hall–Kier alpha value is -3.76. The number of hydrogen-bond acceptors (Lipinski definition) is 6. The maximum atomic E-state index is 13.6. The number of benzene rings is 2. The molecule has 0 aromatic heterocycles. The van der Waals surface area contributed by atoms with Crippen LogP contribution in [0.5, 0.6) is 11.5 Å². The lowest BCUT2D eigenvalue weighted by Crippen LogP contribution is -2.40. The lowest BCUT2D eigenvalue weighted by atomic mass is 10.2. The second-order valence-electron chi connectivity index (χ2n) is 6.98. The third-order valence-electron chi connectivity index (χ3n) is 4.33. The van der Waals surface area contributed by atoms with Crippen LogP contribution in [0.2, 0.25) is 0 Å². The minimum absolute atomic E-state index is 0.124. The maximum Gasteiger partial charge on any atom is 0.339 e. The fourth-order valence-corrected chi connectivity index (χ4v) is 2.64. The Kier molecular flexibility index (Phi) is 9.72. The summed E-state index contributed by atoms with van der Waals surface area (Å²) in [5, 5.41) is 4.21. The summed E-state index contributed by atoms with van der Waals surface area (Å²) >= 11 is 0. The zero-order valence-corrected chi connectivity index (χ0v) is 18.9. The van der Waals surface area contributed by atoms with Gasteiger partial charge in [0.1, 0.15) is 0 Å². The lowest BCUT2D eigenvalue weighted by molar-refractivity contribution is -0.130. The number of halogens is 3. The van der Waals surface area contributed by atoms with Crippen molar-refractivity contribution in [1.82, 2.24) is 5.32 Å². The van der Waals surface area contributed by atoms with Gasteiger partial charge in [0.25, 0.3) is 5.91 Å². The van der Waals surface area contributed by atoms with Crippen LogP contribution in [0, 0.1) is 17.5 Å². The number of hydrogen-bond donors (Lipinski definition) is 2. The molecule has 11 heteroatoms. The number of ether oxygens (including phenoxy) is 3. The molecule has 2 aromatic rings. The van der Waals surface area contributed by atoms with Gasteiger partial charge in [0, 0.05) is 0 Å². The van der Waals surface area contributed by atoms with Crippen molar-refractivity contribution in [3.63, 3.8) is 0 Å². The lowest BCUT2D eigenvalue weighted by Gasteiger charge is -2.15. The Bertz CT molecular complexity index is 1050. The normalized spacial score (nSPS) is 11.4. The van der Waals surface area contributed by atoms with E-state index in [1.54, 1.807) is 13.0 Å². The molecular weight excluding hydrogens is 457 g/mol. The molecule has 0 saturated carbocycles. The molecule has 184 valence electrons. The highest BCUT2D eigenvalue weighted by Crippen LogP contribution is 2.29. The third-order valence-corrected chi connectivity index (χ3v) is 4.33. The van der Waals surface area contributed by atoms with E-state index in [1.165, 1.54) is 19.1 Å². The summed E-state index contributed by atoms with van der Waals surface area (Å²) in [6, 6.07) is 5.94. The molecule has 0 aliphatic rings. The zero-order chi connectivity index (χ0) is 25.3. The van der Waals surface area contributed by atoms with Gasteiger partial charge in [0.2, 0.25) is 5.91 Å². The van der Waals surface area contributed by atoms with Gasteiger partial charge in [0.15, 0.2) is 35.1 Å². The molecule has 0 aliphatic carbocycles. The Morgan fingerprint density at radius 1 is 0.971 bits per heavy atom. The molecule has 1 unspecified atom stereocenters. The van der Waals surface area contributed by atoms with E-state index in [-0.39, 0.29) is 5.56 Å². The van der Waals surface area contributed by atoms with E-state index < -0.39 is 53.6 Å². The van der Waals surface area contributed by atoms with Gasteiger partial charge in [0.05, 0.1) is 31.0 Å². The molecule has 2 rings (SSSR count). The minimum Gasteiger partial charge on any atom is -0.490 e. The van der Waals surface area contributed by atoms with Crippen LogP contribution in [0.15, 0.2) is 30.3 Å². The number of anilines is 1. The van der Waals surface area contributed by atoms with Crippen LogP contribution in [0.4, 0.5) is 18.9 Å². The van der Waals surface area contributed by atoms with Crippen molar-refractivity contribution >= 4 is 23.5 Å². The molecule has 8 nitrogen and oxygen atoms in total. The Labute approximate surface area is 194 Å². The molecule has 0 fully saturated rings. The van der Waals surface area contributed by atoms with E-state index in [0.717, 1.165) is 12.5 Å². The molecule has 0 radical (unpaired) electrons. The molecule has 0 heterocycles. The molecule has 2 amide bonds. The molecule has 2 N–H and O–H groups in total. The first-order chi connectivity index (χ1) is 16.2. The molecule has 2 aromatic carbocycles. The molecule has 0 saturated heterocycles. The van der Waals surface area contributed by atoms with Crippen molar-refractivity contribution in [1.29, 1.82) is 0 Å². The quantitative estimate of drug-likeness (QED) is 0.375. The van der Waals surface area contributed by atoms with E-state index in [2.05, 4.69) is 5.32 Å². The molecule has 0 spiro atoms. The van der Waals surface area contributed by atoms with Crippen LogP contribution in [-0.2, 0) is 14.3 Å². The summed E-state index contributed by atoms with van der Waals surface area (Å²) in [4.78, 5) is 36.5. The second kappa shape index (κ2) is 12.5. The van der Waals surface area contributed by atoms with Crippen LogP contribution in [0.25, 0.3) is 0 Å². The Morgan fingerprint density at radius 2 is 1.71 bits per heavy atom. The van der Waals surface area contributed by atoms with Gasteiger partial charge in [-0.1, -0.05) is 6.92 Å². The predicted molar refractivity (Wildman–Crippen MR) is 116 cm³/mol. The van der Waals surface area contributed by atoms with E-state index in [1.807, 2.05) is 12.2 Å². The average molecular weight is 482 g/mol. The smallest absolute Gasteiger partial charge is 0.339 e. The van der Waals surface area contributed by atoms with Gasteiger partial charge in [-0.3, -0.25) is 9.59 Å². The molecule has 1 atom stereocenters. The monoisotopic (exact) mass is 482 g/mol. The van der Waals surface area contributed by atoms with Crippen molar-refractivity contribution < 1.29 is 41.8 Å². The van der Waals surface area contributed by atoms with Crippen molar-refractivity contribution in [3.05, 3.63) is 53.3 Å². The van der Waals surface area contributed by atoms with Gasteiger partial charge in [-0.25, -0.2) is 18.0 Å². The number of nitrogens with one attached hydrogen (secondary N) is 2. The molecule has 0 bridgehead atoms. The van der Waals surface area contributed by atoms with Gasteiger partial charge in [-0.15, -0.1) is 0 Å². The SMILES string of the molecule is CCCOc1ccc(C(=O)OC(C)C(=O)NCC(=O)Nc2ccc(F)c(F)c2F)cc1OCC. The molecule has 0 aliphatic heterocycles. The summed E-state index contributed by atoms with van der Waals surface area (Å²) < 4.78 is 56.0. The van der Waals surface area contributed by atoms with E-state index in [9.17, 15) is 27.6 Å². The van der Waals surface area contributed by atoms with Gasteiger partial charge < -0.3 is 24.8 Å². The third kappa shape index (κ3) is 7.12.